The predicted molar refractivity (Wildman–Crippen MR) is 152 cm³/mol. The van der Waals surface area contributed by atoms with Crippen LogP contribution in [0.2, 0.25) is 0 Å². The van der Waals surface area contributed by atoms with Gasteiger partial charge in [-0.2, -0.15) is 0 Å². The summed E-state index contributed by atoms with van der Waals surface area (Å²) < 4.78 is 6.25. The van der Waals surface area contributed by atoms with E-state index in [0.717, 1.165) is 49.3 Å². The Morgan fingerprint density at radius 1 is 1.02 bits per heavy atom. The Hall–Kier alpha value is -4.19. The number of anilines is 1. The highest BCUT2D eigenvalue weighted by molar-refractivity contribution is 6.05. The van der Waals surface area contributed by atoms with Crippen molar-refractivity contribution in [3.63, 3.8) is 0 Å². The van der Waals surface area contributed by atoms with Crippen LogP contribution in [0.15, 0.2) is 36.5 Å². The Morgan fingerprint density at radius 3 is 2.60 bits per heavy atom. The molecule has 4 aliphatic heterocycles. The summed E-state index contributed by atoms with van der Waals surface area (Å²) in [5, 5.41) is 11.5. The van der Waals surface area contributed by atoms with Crippen molar-refractivity contribution in [2.24, 2.45) is 0 Å². The molecule has 1 unspecified atom stereocenters. The van der Waals surface area contributed by atoms with Gasteiger partial charge < -0.3 is 24.5 Å². The fourth-order valence-corrected chi connectivity index (χ4v) is 6.35. The van der Waals surface area contributed by atoms with Crippen molar-refractivity contribution in [3.8, 4) is 5.75 Å². The third kappa shape index (κ3) is 5.89. The normalized spacial score (nSPS) is 23.1. The number of rotatable bonds is 7. The first-order valence-corrected chi connectivity index (χ1v) is 14.7. The second-order valence-electron chi connectivity index (χ2n) is 11.4. The molecular formula is C30H36N6O6. The minimum Gasteiger partial charge on any atom is -0.492 e. The van der Waals surface area contributed by atoms with E-state index in [2.05, 4.69) is 26.2 Å². The molecule has 1 aromatic carbocycles. The maximum absolute atomic E-state index is 13.0. The van der Waals surface area contributed by atoms with Gasteiger partial charge >= 0.3 is 6.09 Å². The highest BCUT2D eigenvalue weighted by Gasteiger charge is 2.39. The van der Waals surface area contributed by atoms with Crippen molar-refractivity contribution in [3.05, 3.63) is 53.2 Å². The molecule has 0 aliphatic carbocycles. The van der Waals surface area contributed by atoms with Gasteiger partial charge in [0.25, 0.3) is 5.91 Å². The number of carboxylic acid groups (broad SMARTS) is 1. The summed E-state index contributed by atoms with van der Waals surface area (Å²) in [7, 11) is 0. The van der Waals surface area contributed by atoms with Crippen LogP contribution in [0.25, 0.3) is 0 Å². The van der Waals surface area contributed by atoms with Crippen LogP contribution < -0.4 is 15.0 Å². The lowest BCUT2D eigenvalue weighted by molar-refractivity contribution is -0.136. The molecule has 0 radical (unpaired) electrons. The first-order chi connectivity index (χ1) is 20.4. The fourth-order valence-electron chi connectivity index (χ4n) is 6.35. The summed E-state index contributed by atoms with van der Waals surface area (Å²) in [6.07, 6.45) is 4.92. The Morgan fingerprint density at radius 2 is 1.86 bits per heavy atom. The number of likely N-dealkylation sites (tertiary alicyclic amines) is 1. The third-order valence-electron chi connectivity index (χ3n) is 8.76. The monoisotopic (exact) mass is 576 g/mol. The van der Waals surface area contributed by atoms with Crippen LogP contribution in [-0.4, -0.2) is 100 Å². The molecule has 4 aliphatic rings. The number of amides is 4. The van der Waals surface area contributed by atoms with Crippen molar-refractivity contribution >= 4 is 29.6 Å². The number of benzene rings is 1. The number of piperazine rings is 1. The number of nitrogens with one attached hydrogen (secondary N) is 1. The molecular weight excluding hydrogens is 540 g/mol. The average Bonchev–Trinajstić information content (AvgIpc) is 3.32. The van der Waals surface area contributed by atoms with Crippen LogP contribution in [0.4, 0.5) is 10.6 Å². The second kappa shape index (κ2) is 12.0. The number of carbonyl (C=O) groups is 4. The maximum Gasteiger partial charge on any atom is 0.407 e. The number of hydrogen-bond donors (Lipinski definition) is 2. The molecule has 0 saturated carbocycles. The van der Waals surface area contributed by atoms with Crippen LogP contribution in [-0.2, 0) is 22.7 Å². The molecule has 12 heteroatoms. The highest BCUT2D eigenvalue weighted by Crippen LogP contribution is 2.31. The van der Waals surface area contributed by atoms with E-state index < -0.39 is 18.0 Å². The molecule has 3 fully saturated rings. The van der Waals surface area contributed by atoms with Crippen molar-refractivity contribution in [1.29, 1.82) is 0 Å². The summed E-state index contributed by atoms with van der Waals surface area (Å²) in [5.74, 6) is 0.672. The number of hydrogen-bond acceptors (Lipinski definition) is 8. The number of pyridine rings is 1. The molecule has 0 spiro atoms. The number of nitrogens with zero attached hydrogens (tertiary/aromatic N) is 5. The maximum atomic E-state index is 13.0. The van der Waals surface area contributed by atoms with Gasteiger partial charge in [0, 0.05) is 63.5 Å². The van der Waals surface area contributed by atoms with Gasteiger partial charge in [-0.05, 0) is 61.2 Å². The zero-order valence-electron chi connectivity index (χ0n) is 23.5. The molecule has 2 atom stereocenters. The van der Waals surface area contributed by atoms with E-state index in [1.807, 2.05) is 24.4 Å². The van der Waals surface area contributed by atoms with Gasteiger partial charge in [0.1, 0.15) is 24.2 Å². The summed E-state index contributed by atoms with van der Waals surface area (Å²) >= 11 is 0. The van der Waals surface area contributed by atoms with Gasteiger partial charge in [0.05, 0.1) is 0 Å². The quantitative estimate of drug-likeness (QED) is 0.475. The summed E-state index contributed by atoms with van der Waals surface area (Å²) in [6.45, 7) is 4.83. The first-order valence-electron chi connectivity index (χ1n) is 14.7. The largest absolute Gasteiger partial charge is 0.492 e. The van der Waals surface area contributed by atoms with Gasteiger partial charge in [-0.1, -0.05) is 12.5 Å². The Kier molecular flexibility index (Phi) is 7.96. The molecule has 4 amide bonds. The molecule has 1 aromatic heterocycles. The van der Waals surface area contributed by atoms with E-state index in [4.69, 9.17) is 4.74 Å². The lowest BCUT2D eigenvalue weighted by atomic mass is 10.0. The van der Waals surface area contributed by atoms with Gasteiger partial charge in [-0.15, -0.1) is 0 Å². The second-order valence-corrected chi connectivity index (χ2v) is 11.4. The Balaban J connectivity index is 1.04. The molecule has 2 aromatic rings. The van der Waals surface area contributed by atoms with Crippen molar-refractivity contribution in [2.75, 3.05) is 44.2 Å². The topological polar surface area (TPSA) is 136 Å². The average molecular weight is 577 g/mol. The Labute approximate surface area is 244 Å². The zero-order chi connectivity index (χ0) is 29.2. The SMILES string of the molecule is O=C1CCC(N2Cc3cc(OC[C@H]4CCCCN4Cc4ccc(N5CCN(C(=O)O)CC5)nc4)ccc3C2=O)C(=O)N1. The lowest BCUT2D eigenvalue weighted by Gasteiger charge is -2.36. The zero-order valence-corrected chi connectivity index (χ0v) is 23.5. The van der Waals surface area contributed by atoms with Gasteiger partial charge in [-0.25, -0.2) is 9.78 Å². The number of imide groups is 1. The Bertz CT molecular complexity index is 1360. The highest BCUT2D eigenvalue weighted by atomic mass is 16.5. The van der Waals surface area contributed by atoms with Gasteiger partial charge in [0.15, 0.2) is 0 Å². The minimum atomic E-state index is -0.874. The predicted octanol–water partition coefficient (Wildman–Crippen LogP) is 2.08. The van der Waals surface area contributed by atoms with Gasteiger partial charge in [-0.3, -0.25) is 24.6 Å². The van der Waals surface area contributed by atoms with E-state index in [9.17, 15) is 24.3 Å². The van der Waals surface area contributed by atoms with Crippen LogP contribution in [0, 0.1) is 0 Å². The van der Waals surface area contributed by atoms with E-state index in [1.54, 1.807) is 11.0 Å². The van der Waals surface area contributed by atoms with E-state index in [-0.39, 0.29) is 24.3 Å². The standard InChI is InChI=1S/C30H36N6O6/c37-27-9-7-25(28(38)32-27)36-18-21-15-23(5-6-24(21)29(36)39)42-19-22-3-1-2-10-35(22)17-20-4-8-26(31-16-20)33-11-13-34(14-12-33)30(40)41/h4-6,8,15-16,22,25H,1-3,7,9-14,17-19H2,(H,40,41)(H,32,37,38)/t22-,25?/m1/s1. The van der Waals surface area contributed by atoms with Crippen LogP contribution in [0.1, 0.15) is 53.6 Å². The fraction of sp³-hybridized carbons (Fsp3) is 0.500. The molecule has 42 heavy (non-hydrogen) atoms. The van der Waals surface area contributed by atoms with Crippen LogP contribution in [0.3, 0.4) is 0 Å². The van der Waals surface area contributed by atoms with E-state index >= 15 is 0 Å². The number of carbonyl (C=O) groups excluding carboxylic acids is 3. The number of ether oxygens (including phenoxy) is 1. The first kappa shape index (κ1) is 28.0. The van der Waals surface area contributed by atoms with Crippen molar-refractivity contribution in [1.82, 2.24) is 25.0 Å². The molecule has 6 rings (SSSR count). The number of aromatic nitrogens is 1. The third-order valence-corrected chi connectivity index (χ3v) is 8.76. The smallest absolute Gasteiger partial charge is 0.407 e. The van der Waals surface area contributed by atoms with Crippen molar-refractivity contribution < 1.29 is 29.0 Å². The van der Waals surface area contributed by atoms with Crippen molar-refractivity contribution in [2.45, 2.75) is 57.3 Å². The van der Waals surface area contributed by atoms with E-state index in [1.165, 1.54) is 4.90 Å². The molecule has 5 heterocycles. The lowest BCUT2D eigenvalue weighted by Crippen LogP contribution is -2.52. The number of piperidine rings is 2. The molecule has 0 bridgehead atoms. The van der Waals surface area contributed by atoms with Crippen LogP contribution in [0.5, 0.6) is 5.75 Å². The number of fused-ring (bicyclic) bond motifs is 1. The molecule has 12 nitrogen and oxygen atoms in total. The van der Waals surface area contributed by atoms with E-state index in [0.29, 0.717) is 57.1 Å². The summed E-state index contributed by atoms with van der Waals surface area (Å²) in [4.78, 5) is 60.2. The molecule has 222 valence electrons. The minimum absolute atomic E-state index is 0.188. The summed E-state index contributed by atoms with van der Waals surface area (Å²) in [6, 6.07) is 9.22. The van der Waals surface area contributed by atoms with Crippen LogP contribution >= 0.6 is 0 Å². The summed E-state index contributed by atoms with van der Waals surface area (Å²) in [5.41, 5.74) is 2.53. The molecule has 2 N–H and O–H groups in total. The van der Waals surface area contributed by atoms with Gasteiger partial charge in [0.2, 0.25) is 11.8 Å². The molecule has 3 saturated heterocycles.